The van der Waals surface area contributed by atoms with Gasteiger partial charge in [0.15, 0.2) is 6.29 Å². The molecular weight excluding hydrogens is 171 g/mol. The van der Waals surface area contributed by atoms with Crippen molar-refractivity contribution in [3.63, 3.8) is 0 Å². The lowest BCUT2D eigenvalue weighted by atomic mass is 10.2. The number of hydrogen-bond acceptors (Lipinski definition) is 2. The van der Waals surface area contributed by atoms with Crippen molar-refractivity contribution in [3.8, 4) is 0 Å². The van der Waals surface area contributed by atoms with Gasteiger partial charge in [0, 0.05) is 10.6 Å². The van der Waals surface area contributed by atoms with E-state index in [1.165, 1.54) is 6.07 Å². The van der Waals surface area contributed by atoms with E-state index in [0.29, 0.717) is 0 Å². The molecule has 2 nitrogen and oxygen atoms in total. The molecule has 2 N–H and O–H groups in total. The molecule has 0 aliphatic heterocycles. The van der Waals surface area contributed by atoms with Crippen molar-refractivity contribution in [3.05, 3.63) is 34.6 Å². The van der Waals surface area contributed by atoms with Crippen LogP contribution in [0.15, 0.2) is 18.2 Å². The smallest absolute Gasteiger partial charge is 0.180 e. The molecular formula is C7H6ClFO2. The number of rotatable bonds is 1. The summed E-state index contributed by atoms with van der Waals surface area (Å²) in [6.07, 6.45) is -1.72. The lowest BCUT2D eigenvalue weighted by molar-refractivity contribution is -0.0425. The topological polar surface area (TPSA) is 40.5 Å². The van der Waals surface area contributed by atoms with Crippen LogP contribution in [0, 0.1) is 5.82 Å². The Morgan fingerprint density at radius 3 is 2.45 bits per heavy atom. The van der Waals surface area contributed by atoms with E-state index in [2.05, 4.69) is 0 Å². The average Bonchev–Trinajstić information content (AvgIpc) is 1.94. The molecule has 0 saturated heterocycles. The molecule has 0 aliphatic carbocycles. The Kier molecular flexibility index (Phi) is 2.44. The van der Waals surface area contributed by atoms with E-state index in [1.54, 1.807) is 0 Å². The summed E-state index contributed by atoms with van der Waals surface area (Å²) in [7, 11) is 0. The van der Waals surface area contributed by atoms with Crippen molar-refractivity contribution in [2.75, 3.05) is 0 Å². The first-order valence-electron chi connectivity index (χ1n) is 2.92. The van der Waals surface area contributed by atoms with E-state index in [-0.39, 0.29) is 10.6 Å². The molecule has 1 aromatic rings. The van der Waals surface area contributed by atoms with Crippen molar-refractivity contribution in [2.24, 2.45) is 0 Å². The van der Waals surface area contributed by atoms with Crippen LogP contribution < -0.4 is 0 Å². The summed E-state index contributed by atoms with van der Waals surface area (Å²) in [5.74, 6) is -0.544. The molecule has 1 rings (SSSR count). The summed E-state index contributed by atoms with van der Waals surface area (Å²) >= 11 is 5.50. The lowest BCUT2D eigenvalue weighted by Gasteiger charge is -2.04. The van der Waals surface area contributed by atoms with E-state index < -0.39 is 12.1 Å². The standard InChI is InChI=1S/C7H6ClFO2/c8-6-2-1-4(9)3-5(6)7(10)11/h1-3,7,10-11H. The molecule has 0 saturated carbocycles. The molecule has 0 spiro atoms. The predicted molar refractivity (Wildman–Crippen MR) is 38.6 cm³/mol. The molecule has 0 fully saturated rings. The Bertz CT molecular complexity index is 263. The van der Waals surface area contributed by atoms with Crippen molar-refractivity contribution in [1.29, 1.82) is 0 Å². The van der Waals surface area contributed by atoms with Gasteiger partial charge in [-0.25, -0.2) is 4.39 Å². The van der Waals surface area contributed by atoms with Gasteiger partial charge in [-0.15, -0.1) is 0 Å². The zero-order chi connectivity index (χ0) is 8.43. The van der Waals surface area contributed by atoms with Crippen LogP contribution in [0.4, 0.5) is 4.39 Å². The maximum Gasteiger partial charge on any atom is 0.180 e. The lowest BCUT2D eigenvalue weighted by Crippen LogP contribution is -1.96. The molecule has 1 aromatic carbocycles. The van der Waals surface area contributed by atoms with Crippen molar-refractivity contribution in [1.82, 2.24) is 0 Å². The van der Waals surface area contributed by atoms with Gasteiger partial charge in [0.1, 0.15) is 5.82 Å². The Morgan fingerprint density at radius 1 is 1.36 bits per heavy atom. The van der Waals surface area contributed by atoms with Crippen LogP contribution in [0.25, 0.3) is 0 Å². The third-order valence-corrected chi connectivity index (χ3v) is 1.58. The molecule has 11 heavy (non-hydrogen) atoms. The predicted octanol–water partition coefficient (Wildman–Crippen LogP) is 1.46. The second-order valence-corrected chi connectivity index (χ2v) is 2.45. The quantitative estimate of drug-likeness (QED) is 0.636. The first-order chi connectivity index (χ1) is 5.11. The first kappa shape index (κ1) is 8.46. The summed E-state index contributed by atoms with van der Waals surface area (Å²) in [5, 5.41) is 17.4. The van der Waals surface area contributed by atoms with E-state index in [0.717, 1.165) is 12.1 Å². The molecule has 60 valence electrons. The van der Waals surface area contributed by atoms with Crippen LogP contribution in [0.3, 0.4) is 0 Å². The number of halogens is 2. The van der Waals surface area contributed by atoms with Gasteiger partial charge in [-0.1, -0.05) is 11.6 Å². The Labute approximate surface area is 67.9 Å². The second-order valence-electron chi connectivity index (χ2n) is 2.04. The third kappa shape index (κ3) is 1.89. The molecule has 0 unspecified atom stereocenters. The first-order valence-corrected chi connectivity index (χ1v) is 3.30. The fourth-order valence-electron chi connectivity index (χ4n) is 0.712. The Balaban J connectivity index is 3.13. The Hall–Kier alpha value is -0.640. The van der Waals surface area contributed by atoms with Crippen LogP contribution >= 0.6 is 11.6 Å². The number of hydrogen-bond donors (Lipinski definition) is 2. The molecule has 0 amide bonds. The molecule has 0 radical (unpaired) electrons. The Morgan fingerprint density at radius 2 is 2.00 bits per heavy atom. The largest absolute Gasteiger partial charge is 0.364 e. The second kappa shape index (κ2) is 3.17. The number of benzene rings is 1. The number of aliphatic hydroxyl groups is 2. The van der Waals surface area contributed by atoms with Gasteiger partial charge in [0.2, 0.25) is 0 Å². The van der Waals surface area contributed by atoms with Gasteiger partial charge in [-0.05, 0) is 18.2 Å². The van der Waals surface area contributed by atoms with Gasteiger partial charge >= 0.3 is 0 Å². The molecule has 0 atom stereocenters. The normalized spacial score (nSPS) is 10.6. The number of aliphatic hydroxyl groups excluding tert-OH is 1. The minimum absolute atomic E-state index is 0.0216. The van der Waals surface area contributed by atoms with Gasteiger partial charge in [0.25, 0.3) is 0 Å². The average molecular weight is 177 g/mol. The summed E-state index contributed by atoms with van der Waals surface area (Å²) < 4.78 is 12.4. The van der Waals surface area contributed by atoms with Gasteiger partial charge in [0.05, 0.1) is 0 Å². The SMILES string of the molecule is OC(O)c1cc(F)ccc1Cl. The molecule has 0 heterocycles. The highest BCUT2D eigenvalue weighted by Crippen LogP contribution is 2.21. The summed E-state index contributed by atoms with van der Waals surface area (Å²) in [5.41, 5.74) is -0.0216. The molecule has 0 bridgehead atoms. The van der Waals surface area contributed by atoms with Crippen LogP contribution in [-0.2, 0) is 0 Å². The van der Waals surface area contributed by atoms with Crippen LogP contribution in [0.5, 0.6) is 0 Å². The van der Waals surface area contributed by atoms with E-state index in [4.69, 9.17) is 21.8 Å². The van der Waals surface area contributed by atoms with Crippen molar-refractivity contribution in [2.45, 2.75) is 6.29 Å². The van der Waals surface area contributed by atoms with Gasteiger partial charge < -0.3 is 10.2 Å². The molecule has 0 aromatic heterocycles. The van der Waals surface area contributed by atoms with E-state index >= 15 is 0 Å². The van der Waals surface area contributed by atoms with Crippen LogP contribution in [0.2, 0.25) is 5.02 Å². The monoisotopic (exact) mass is 176 g/mol. The molecule has 0 aliphatic rings. The van der Waals surface area contributed by atoms with Crippen molar-refractivity contribution < 1.29 is 14.6 Å². The highest BCUT2D eigenvalue weighted by atomic mass is 35.5. The van der Waals surface area contributed by atoms with Crippen LogP contribution in [-0.4, -0.2) is 10.2 Å². The fourth-order valence-corrected chi connectivity index (χ4v) is 0.928. The zero-order valence-corrected chi connectivity index (χ0v) is 6.22. The van der Waals surface area contributed by atoms with Gasteiger partial charge in [-0.2, -0.15) is 0 Å². The third-order valence-electron chi connectivity index (χ3n) is 1.24. The van der Waals surface area contributed by atoms with Gasteiger partial charge in [-0.3, -0.25) is 0 Å². The summed E-state index contributed by atoms with van der Waals surface area (Å²) in [6, 6.07) is 3.40. The summed E-state index contributed by atoms with van der Waals surface area (Å²) in [4.78, 5) is 0. The maximum absolute atomic E-state index is 12.4. The highest BCUT2D eigenvalue weighted by molar-refractivity contribution is 6.31. The summed E-state index contributed by atoms with van der Waals surface area (Å²) in [6.45, 7) is 0. The molecule has 4 heteroatoms. The maximum atomic E-state index is 12.4. The fraction of sp³-hybridized carbons (Fsp3) is 0.143. The van der Waals surface area contributed by atoms with E-state index in [9.17, 15) is 4.39 Å². The van der Waals surface area contributed by atoms with Crippen LogP contribution in [0.1, 0.15) is 11.9 Å². The highest BCUT2D eigenvalue weighted by Gasteiger charge is 2.08. The minimum Gasteiger partial charge on any atom is -0.364 e. The minimum atomic E-state index is -1.72. The zero-order valence-electron chi connectivity index (χ0n) is 5.46. The van der Waals surface area contributed by atoms with Crippen molar-refractivity contribution >= 4 is 11.6 Å². The van der Waals surface area contributed by atoms with E-state index in [1.807, 2.05) is 0 Å².